The third-order valence-corrected chi connectivity index (χ3v) is 5.38. The van der Waals surface area contributed by atoms with Gasteiger partial charge in [0.25, 0.3) is 5.69 Å². The minimum Gasteiger partial charge on any atom is -0.377 e. The van der Waals surface area contributed by atoms with Crippen LogP contribution < -0.4 is 10.0 Å². The van der Waals surface area contributed by atoms with Gasteiger partial charge in [0.05, 0.1) is 9.82 Å². The maximum atomic E-state index is 12.3. The monoisotopic (exact) mass is 341 g/mol. The first-order valence-electron chi connectivity index (χ1n) is 7.58. The van der Waals surface area contributed by atoms with Gasteiger partial charge in [-0.15, -0.1) is 0 Å². The number of nitro benzene ring substituents is 1. The number of sulfonamides is 1. The van der Waals surface area contributed by atoms with Crippen LogP contribution in [0.3, 0.4) is 0 Å². The second-order valence-electron chi connectivity index (χ2n) is 7.06. The predicted molar refractivity (Wildman–Crippen MR) is 89.0 cm³/mol. The lowest BCUT2D eigenvalue weighted by atomic mass is 10.1. The fourth-order valence-corrected chi connectivity index (χ4v) is 3.81. The van der Waals surface area contributed by atoms with Gasteiger partial charge in [0.15, 0.2) is 0 Å². The van der Waals surface area contributed by atoms with E-state index >= 15 is 0 Å². The summed E-state index contributed by atoms with van der Waals surface area (Å²) in [5.41, 5.74) is -0.538. The van der Waals surface area contributed by atoms with Crippen LogP contribution in [-0.2, 0) is 10.0 Å². The number of anilines is 1. The van der Waals surface area contributed by atoms with E-state index in [9.17, 15) is 18.5 Å². The van der Waals surface area contributed by atoms with Crippen molar-refractivity contribution in [1.29, 1.82) is 0 Å². The molecule has 1 saturated carbocycles. The number of nitrogens with one attached hydrogen (secondary N) is 2. The van der Waals surface area contributed by atoms with Crippen LogP contribution in [-0.4, -0.2) is 24.9 Å². The summed E-state index contributed by atoms with van der Waals surface area (Å²) in [4.78, 5) is 10.6. The Morgan fingerprint density at radius 2 is 1.91 bits per heavy atom. The van der Waals surface area contributed by atoms with Crippen molar-refractivity contribution in [3.63, 3.8) is 0 Å². The van der Waals surface area contributed by atoms with Crippen LogP contribution in [0.15, 0.2) is 23.1 Å². The third kappa shape index (κ3) is 4.65. The van der Waals surface area contributed by atoms with Crippen molar-refractivity contribution in [1.82, 2.24) is 4.72 Å². The lowest BCUT2D eigenvalue weighted by Crippen LogP contribution is -2.40. The van der Waals surface area contributed by atoms with Crippen molar-refractivity contribution in [3.05, 3.63) is 28.3 Å². The summed E-state index contributed by atoms with van der Waals surface area (Å²) >= 11 is 0. The van der Waals surface area contributed by atoms with Gasteiger partial charge < -0.3 is 5.32 Å². The van der Waals surface area contributed by atoms with Gasteiger partial charge in [-0.25, -0.2) is 13.1 Å². The average molecular weight is 341 g/mol. The highest BCUT2D eigenvalue weighted by Gasteiger charge is 2.30. The van der Waals surface area contributed by atoms with Crippen molar-refractivity contribution >= 4 is 21.4 Å². The zero-order valence-corrected chi connectivity index (χ0v) is 14.6. The molecule has 2 rings (SSSR count). The lowest BCUT2D eigenvalue weighted by Gasteiger charge is -2.20. The molecular formula is C15H23N3O4S. The Kier molecular flexibility index (Phi) is 4.68. The standard InChI is InChI=1S/C15H23N3O4S/c1-10(11-5-6-11)16-13-8-7-12(9-14(13)18(19)20)23(21,22)17-15(2,3)4/h7-11,16-17H,5-6H2,1-4H3/t10-/m1/s1. The van der Waals surface area contributed by atoms with Crippen LogP contribution in [0.2, 0.25) is 0 Å². The Morgan fingerprint density at radius 3 is 2.39 bits per heavy atom. The molecule has 1 aliphatic rings. The summed E-state index contributed by atoms with van der Waals surface area (Å²) in [6.07, 6.45) is 2.23. The smallest absolute Gasteiger partial charge is 0.293 e. The molecule has 1 aliphatic carbocycles. The highest BCUT2D eigenvalue weighted by Crippen LogP contribution is 2.36. The number of rotatable bonds is 6. The van der Waals surface area contributed by atoms with E-state index in [-0.39, 0.29) is 16.6 Å². The Bertz CT molecular complexity index is 706. The van der Waals surface area contributed by atoms with E-state index in [0.29, 0.717) is 11.6 Å². The van der Waals surface area contributed by atoms with Crippen LogP contribution in [0.25, 0.3) is 0 Å². The van der Waals surface area contributed by atoms with Crippen molar-refractivity contribution in [2.24, 2.45) is 5.92 Å². The van der Waals surface area contributed by atoms with Gasteiger partial charge in [-0.1, -0.05) is 0 Å². The van der Waals surface area contributed by atoms with E-state index in [1.807, 2.05) is 6.92 Å². The highest BCUT2D eigenvalue weighted by molar-refractivity contribution is 7.89. The van der Waals surface area contributed by atoms with Crippen molar-refractivity contribution in [2.75, 3.05) is 5.32 Å². The van der Waals surface area contributed by atoms with Crippen molar-refractivity contribution < 1.29 is 13.3 Å². The molecule has 0 unspecified atom stereocenters. The maximum Gasteiger partial charge on any atom is 0.293 e. The summed E-state index contributed by atoms with van der Waals surface area (Å²) in [7, 11) is -3.81. The molecule has 0 bridgehead atoms. The molecule has 1 fully saturated rings. The Balaban J connectivity index is 2.33. The molecule has 0 heterocycles. The summed E-state index contributed by atoms with van der Waals surface area (Å²) in [6, 6.07) is 4.09. The predicted octanol–water partition coefficient (Wildman–Crippen LogP) is 2.88. The average Bonchev–Trinajstić information content (AvgIpc) is 3.19. The molecular weight excluding hydrogens is 318 g/mol. The molecule has 2 N–H and O–H groups in total. The van der Waals surface area contributed by atoms with E-state index < -0.39 is 20.5 Å². The summed E-state index contributed by atoms with van der Waals surface area (Å²) < 4.78 is 27.1. The topological polar surface area (TPSA) is 101 Å². The van der Waals surface area contributed by atoms with Crippen LogP contribution in [0, 0.1) is 16.0 Å². The van der Waals surface area contributed by atoms with E-state index in [0.717, 1.165) is 18.9 Å². The molecule has 0 spiro atoms. The lowest BCUT2D eigenvalue weighted by molar-refractivity contribution is -0.384. The van der Waals surface area contributed by atoms with Gasteiger partial charge in [0.2, 0.25) is 10.0 Å². The van der Waals surface area contributed by atoms with Gasteiger partial charge in [0, 0.05) is 17.6 Å². The number of hydrogen-bond acceptors (Lipinski definition) is 5. The largest absolute Gasteiger partial charge is 0.377 e. The number of nitrogens with zero attached hydrogens (tertiary/aromatic N) is 1. The summed E-state index contributed by atoms with van der Waals surface area (Å²) in [5, 5.41) is 14.4. The molecule has 8 heteroatoms. The summed E-state index contributed by atoms with van der Waals surface area (Å²) in [5.74, 6) is 0.528. The van der Waals surface area contributed by atoms with E-state index in [1.165, 1.54) is 12.1 Å². The quantitative estimate of drug-likeness (QED) is 0.612. The van der Waals surface area contributed by atoms with Gasteiger partial charge in [-0.2, -0.15) is 0 Å². The molecule has 0 saturated heterocycles. The minimum absolute atomic E-state index is 0.108. The molecule has 1 aromatic carbocycles. The first-order chi connectivity index (χ1) is 10.5. The van der Waals surface area contributed by atoms with Crippen molar-refractivity contribution in [3.8, 4) is 0 Å². The van der Waals surface area contributed by atoms with Crippen LogP contribution in [0.1, 0.15) is 40.5 Å². The molecule has 0 amide bonds. The number of hydrogen-bond donors (Lipinski definition) is 2. The van der Waals surface area contributed by atoms with E-state index in [4.69, 9.17) is 0 Å². The normalized spacial score (nSPS) is 16.9. The molecule has 7 nitrogen and oxygen atoms in total. The molecule has 0 radical (unpaired) electrons. The van der Waals surface area contributed by atoms with Crippen molar-refractivity contribution in [2.45, 2.75) is 57.0 Å². The van der Waals surface area contributed by atoms with Crippen LogP contribution in [0.5, 0.6) is 0 Å². The molecule has 0 aromatic heterocycles. The molecule has 128 valence electrons. The second kappa shape index (κ2) is 6.09. The molecule has 23 heavy (non-hydrogen) atoms. The number of nitro groups is 1. The first kappa shape index (κ1) is 17.7. The third-order valence-electron chi connectivity index (χ3n) is 3.63. The Hall–Kier alpha value is -1.67. The fourth-order valence-electron chi connectivity index (χ4n) is 2.37. The minimum atomic E-state index is -3.81. The second-order valence-corrected chi connectivity index (χ2v) is 8.74. The highest BCUT2D eigenvalue weighted by atomic mass is 32.2. The molecule has 1 atom stereocenters. The van der Waals surface area contributed by atoms with Gasteiger partial charge in [-0.3, -0.25) is 10.1 Å². The first-order valence-corrected chi connectivity index (χ1v) is 9.07. The SMILES string of the molecule is C[C@@H](Nc1ccc(S(=O)(=O)NC(C)(C)C)cc1[N+](=O)[O-])C1CC1. The fraction of sp³-hybridized carbons (Fsp3) is 0.600. The van der Waals surface area contributed by atoms with E-state index in [1.54, 1.807) is 20.8 Å². The van der Waals surface area contributed by atoms with Gasteiger partial charge >= 0.3 is 0 Å². The molecule has 0 aliphatic heterocycles. The Morgan fingerprint density at radius 1 is 1.30 bits per heavy atom. The van der Waals surface area contributed by atoms with E-state index in [2.05, 4.69) is 10.0 Å². The zero-order chi connectivity index (χ0) is 17.4. The zero-order valence-electron chi connectivity index (χ0n) is 13.8. The number of benzene rings is 1. The Labute approximate surface area is 136 Å². The van der Waals surface area contributed by atoms with Crippen LogP contribution in [0.4, 0.5) is 11.4 Å². The summed E-state index contributed by atoms with van der Waals surface area (Å²) in [6.45, 7) is 7.12. The van der Waals surface area contributed by atoms with Crippen LogP contribution >= 0.6 is 0 Å². The molecule has 1 aromatic rings. The maximum absolute atomic E-state index is 12.3. The van der Waals surface area contributed by atoms with Gasteiger partial charge in [-0.05, 0) is 58.6 Å². The van der Waals surface area contributed by atoms with Gasteiger partial charge in [0.1, 0.15) is 5.69 Å².